The lowest BCUT2D eigenvalue weighted by molar-refractivity contribution is -0.387. The molecule has 0 saturated carbocycles. The molecule has 1 aromatic rings. The Morgan fingerprint density at radius 2 is 2.11 bits per heavy atom. The molecule has 4 nitrogen and oxygen atoms in total. The molecule has 0 bridgehead atoms. The van der Waals surface area contributed by atoms with Gasteiger partial charge in [-0.2, -0.15) is 4.39 Å². The lowest BCUT2D eigenvalue weighted by atomic mass is 10.2. The third-order valence-corrected chi connectivity index (χ3v) is 2.80. The summed E-state index contributed by atoms with van der Waals surface area (Å²) >= 11 is 0. The highest BCUT2D eigenvalue weighted by Crippen LogP contribution is 2.18. The van der Waals surface area contributed by atoms with Crippen LogP contribution in [0.3, 0.4) is 0 Å². The normalized spacial score (nSPS) is 10.9. The van der Waals surface area contributed by atoms with Crippen molar-refractivity contribution in [2.24, 2.45) is 0 Å². The summed E-state index contributed by atoms with van der Waals surface area (Å²) in [6.45, 7) is 3.71. The van der Waals surface area contributed by atoms with Gasteiger partial charge in [-0.3, -0.25) is 10.1 Å². The average molecular weight is 254 g/mol. The monoisotopic (exact) mass is 254 g/mol. The lowest BCUT2D eigenvalue weighted by Crippen LogP contribution is -2.19. The zero-order valence-electron chi connectivity index (χ0n) is 10.9. The number of hydrogen-bond donors (Lipinski definition) is 0. The summed E-state index contributed by atoms with van der Waals surface area (Å²) in [5.41, 5.74) is 0.296. The van der Waals surface area contributed by atoms with Crippen molar-refractivity contribution in [3.05, 3.63) is 39.7 Å². The largest absolute Gasteiger partial charge is 0.304 e. The van der Waals surface area contributed by atoms with E-state index in [0.717, 1.165) is 18.5 Å². The minimum atomic E-state index is -0.764. The molecule has 18 heavy (non-hydrogen) atoms. The molecule has 0 N–H and O–H groups in total. The second-order valence-corrected chi connectivity index (χ2v) is 4.49. The number of nitro benzene ring substituents is 1. The highest BCUT2D eigenvalue weighted by molar-refractivity contribution is 5.34. The van der Waals surface area contributed by atoms with Gasteiger partial charge in [0, 0.05) is 12.6 Å². The van der Waals surface area contributed by atoms with Crippen LogP contribution in [0.15, 0.2) is 18.2 Å². The fourth-order valence-electron chi connectivity index (χ4n) is 1.82. The second-order valence-electron chi connectivity index (χ2n) is 4.49. The predicted molar refractivity (Wildman–Crippen MR) is 68.9 cm³/mol. The van der Waals surface area contributed by atoms with Gasteiger partial charge in [0.2, 0.25) is 5.82 Å². The maximum absolute atomic E-state index is 13.4. The molecular formula is C13H19FN2O2. The van der Waals surface area contributed by atoms with Crippen molar-refractivity contribution in [1.82, 2.24) is 4.90 Å². The minimum Gasteiger partial charge on any atom is -0.302 e. The first-order valence-corrected chi connectivity index (χ1v) is 6.16. The van der Waals surface area contributed by atoms with Crippen molar-refractivity contribution in [1.29, 1.82) is 0 Å². The number of rotatable bonds is 7. The van der Waals surface area contributed by atoms with Gasteiger partial charge in [-0.1, -0.05) is 25.8 Å². The number of benzene rings is 1. The Morgan fingerprint density at radius 1 is 1.39 bits per heavy atom. The van der Waals surface area contributed by atoms with Crippen molar-refractivity contribution in [2.45, 2.75) is 32.7 Å². The standard InChI is InChI=1S/C13H19FN2O2/c1-3-4-5-8-15(2)10-11-6-7-13(16(17)18)12(14)9-11/h6-7,9H,3-5,8,10H2,1-2H3. The van der Waals surface area contributed by atoms with E-state index in [1.54, 1.807) is 6.07 Å². The first-order chi connectivity index (χ1) is 8.54. The summed E-state index contributed by atoms with van der Waals surface area (Å²) in [5, 5.41) is 10.5. The van der Waals surface area contributed by atoms with Crippen molar-refractivity contribution < 1.29 is 9.31 Å². The quantitative estimate of drug-likeness (QED) is 0.426. The molecule has 0 unspecified atom stereocenters. The van der Waals surface area contributed by atoms with Crippen molar-refractivity contribution >= 4 is 5.69 Å². The van der Waals surface area contributed by atoms with E-state index in [1.807, 2.05) is 7.05 Å². The van der Waals surface area contributed by atoms with Crippen LogP contribution in [-0.4, -0.2) is 23.4 Å². The molecule has 0 aromatic heterocycles. The third kappa shape index (κ3) is 4.41. The van der Waals surface area contributed by atoms with Gasteiger partial charge >= 0.3 is 5.69 Å². The van der Waals surface area contributed by atoms with Gasteiger partial charge in [-0.15, -0.1) is 0 Å². The third-order valence-electron chi connectivity index (χ3n) is 2.80. The topological polar surface area (TPSA) is 46.4 Å². The van der Waals surface area contributed by atoms with E-state index in [2.05, 4.69) is 11.8 Å². The van der Waals surface area contributed by atoms with Crippen molar-refractivity contribution in [3.8, 4) is 0 Å². The van der Waals surface area contributed by atoms with E-state index in [1.165, 1.54) is 25.0 Å². The van der Waals surface area contributed by atoms with Crippen LogP contribution in [0, 0.1) is 15.9 Å². The number of nitrogens with zero attached hydrogens (tertiary/aromatic N) is 2. The van der Waals surface area contributed by atoms with E-state index >= 15 is 0 Å². The molecule has 0 spiro atoms. The number of unbranched alkanes of at least 4 members (excludes halogenated alkanes) is 2. The Hall–Kier alpha value is -1.49. The maximum atomic E-state index is 13.4. The summed E-state index contributed by atoms with van der Waals surface area (Å²) in [6.07, 6.45) is 3.46. The highest BCUT2D eigenvalue weighted by Gasteiger charge is 2.14. The predicted octanol–water partition coefficient (Wildman–Crippen LogP) is 3.36. The molecule has 1 aromatic carbocycles. The van der Waals surface area contributed by atoms with Gasteiger partial charge in [0.1, 0.15) is 0 Å². The highest BCUT2D eigenvalue weighted by atomic mass is 19.1. The fraction of sp³-hybridized carbons (Fsp3) is 0.538. The van der Waals surface area contributed by atoms with Gasteiger partial charge < -0.3 is 4.90 Å². The van der Waals surface area contributed by atoms with Crippen molar-refractivity contribution in [2.75, 3.05) is 13.6 Å². The Kier molecular flexibility index (Phi) is 5.71. The molecule has 100 valence electrons. The Bertz CT molecular complexity index is 410. The fourth-order valence-corrected chi connectivity index (χ4v) is 1.82. The molecule has 1 rings (SSSR count). The Morgan fingerprint density at radius 3 is 2.67 bits per heavy atom. The van der Waals surface area contributed by atoms with Crippen molar-refractivity contribution in [3.63, 3.8) is 0 Å². The molecule has 0 heterocycles. The SMILES string of the molecule is CCCCCN(C)Cc1ccc([N+](=O)[O-])c(F)c1. The Balaban J connectivity index is 2.57. The number of nitro groups is 1. The van der Waals surface area contributed by atoms with E-state index in [-0.39, 0.29) is 0 Å². The molecule has 0 aliphatic carbocycles. The van der Waals surface area contributed by atoms with E-state index in [0.29, 0.717) is 6.54 Å². The summed E-state index contributed by atoms with van der Waals surface area (Å²) in [6, 6.07) is 4.08. The van der Waals surface area contributed by atoms with Gasteiger partial charge in [0.15, 0.2) is 0 Å². The van der Waals surface area contributed by atoms with Crippen LogP contribution in [0.2, 0.25) is 0 Å². The molecule has 0 radical (unpaired) electrons. The molecule has 0 amide bonds. The number of hydrogen-bond acceptors (Lipinski definition) is 3. The zero-order valence-corrected chi connectivity index (χ0v) is 10.9. The van der Waals surface area contributed by atoms with E-state index in [9.17, 15) is 14.5 Å². The van der Waals surface area contributed by atoms with Gasteiger partial charge in [0.25, 0.3) is 0 Å². The molecule has 0 atom stereocenters. The van der Waals surface area contributed by atoms with Crippen LogP contribution < -0.4 is 0 Å². The second kappa shape index (κ2) is 7.06. The molecule has 0 fully saturated rings. The average Bonchev–Trinajstić information content (AvgIpc) is 2.28. The molecule has 5 heteroatoms. The summed E-state index contributed by atoms with van der Waals surface area (Å²) in [7, 11) is 1.97. The Labute approximate surface area is 107 Å². The van der Waals surface area contributed by atoms with Crippen LogP contribution in [0.1, 0.15) is 31.7 Å². The van der Waals surface area contributed by atoms with Crippen LogP contribution >= 0.6 is 0 Å². The van der Waals surface area contributed by atoms with Crippen LogP contribution in [0.25, 0.3) is 0 Å². The molecular weight excluding hydrogens is 235 g/mol. The summed E-state index contributed by atoms with van der Waals surface area (Å²) in [4.78, 5) is 11.9. The van der Waals surface area contributed by atoms with Crippen LogP contribution in [0.5, 0.6) is 0 Å². The van der Waals surface area contributed by atoms with Crippen LogP contribution in [0.4, 0.5) is 10.1 Å². The maximum Gasteiger partial charge on any atom is 0.304 e. The molecule has 0 aliphatic heterocycles. The first kappa shape index (κ1) is 14.6. The van der Waals surface area contributed by atoms with E-state index in [4.69, 9.17) is 0 Å². The van der Waals surface area contributed by atoms with Gasteiger partial charge in [0.05, 0.1) is 4.92 Å². The van der Waals surface area contributed by atoms with Crippen LogP contribution in [-0.2, 0) is 6.54 Å². The smallest absolute Gasteiger partial charge is 0.302 e. The zero-order chi connectivity index (χ0) is 13.5. The van der Waals surface area contributed by atoms with Gasteiger partial charge in [-0.05, 0) is 31.6 Å². The summed E-state index contributed by atoms with van der Waals surface area (Å²) in [5.74, 6) is -0.764. The lowest BCUT2D eigenvalue weighted by Gasteiger charge is -2.16. The number of halogens is 1. The molecule has 0 aliphatic rings. The minimum absolute atomic E-state index is 0.465. The van der Waals surface area contributed by atoms with E-state index < -0.39 is 16.4 Å². The molecule has 0 saturated heterocycles. The first-order valence-electron chi connectivity index (χ1n) is 6.16. The van der Waals surface area contributed by atoms with Gasteiger partial charge in [-0.25, -0.2) is 0 Å². The summed E-state index contributed by atoms with van der Waals surface area (Å²) < 4.78 is 13.4.